The van der Waals surface area contributed by atoms with Gasteiger partial charge in [-0.1, -0.05) is 52.0 Å². The van der Waals surface area contributed by atoms with Crippen LogP contribution in [0.3, 0.4) is 0 Å². The molecule has 0 spiro atoms. The zero-order chi connectivity index (χ0) is 24.5. The van der Waals surface area contributed by atoms with E-state index in [0.717, 1.165) is 54.9 Å². The zero-order valence-electron chi connectivity index (χ0n) is 21.0. The average Bonchev–Trinajstić information content (AvgIpc) is 3.15. The first-order chi connectivity index (χ1) is 16.2. The quantitative estimate of drug-likeness (QED) is 0.599. The first kappa shape index (κ1) is 24.0. The van der Waals surface area contributed by atoms with E-state index in [0.29, 0.717) is 12.2 Å². The van der Waals surface area contributed by atoms with Gasteiger partial charge in [-0.15, -0.1) is 0 Å². The van der Waals surface area contributed by atoms with Gasteiger partial charge in [0.05, 0.1) is 0 Å². The minimum atomic E-state index is -0.109. The van der Waals surface area contributed by atoms with Crippen LogP contribution in [0.15, 0.2) is 48.5 Å². The lowest BCUT2D eigenvalue weighted by Crippen LogP contribution is -2.48. The second kappa shape index (κ2) is 9.63. The molecule has 1 N–H and O–H groups in total. The molecule has 1 saturated heterocycles. The molecule has 2 heterocycles. The highest BCUT2D eigenvalue weighted by Gasteiger charge is 2.25. The molecule has 180 valence electrons. The largest absolute Gasteiger partial charge is 0.335 e. The molecule has 4 rings (SSSR count). The molecule has 1 aliphatic rings. The third kappa shape index (κ3) is 5.17. The first-order valence-electron chi connectivity index (χ1n) is 12.2. The minimum Gasteiger partial charge on any atom is -0.335 e. The van der Waals surface area contributed by atoms with Crippen LogP contribution in [-0.4, -0.2) is 58.9 Å². The topological polar surface area (TPSA) is 57.6 Å². The zero-order valence-corrected chi connectivity index (χ0v) is 21.0. The van der Waals surface area contributed by atoms with Crippen LogP contribution in [0.5, 0.6) is 0 Å². The van der Waals surface area contributed by atoms with E-state index in [1.807, 2.05) is 29.2 Å². The highest BCUT2D eigenvalue weighted by Crippen LogP contribution is 2.27. The lowest BCUT2D eigenvalue weighted by atomic mass is 9.87. The monoisotopic (exact) mass is 460 g/mol. The van der Waals surface area contributed by atoms with Crippen LogP contribution in [0.25, 0.3) is 10.9 Å². The molecule has 0 radical (unpaired) electrons. The molecule has 0 atom stereocenters. The Kier molecular flexibility index (Phi) is 6.80. The fourth-order valence-corrected chi connectivity index (χ4v) is 4.62. The Balaban J connectivity index is 1.70. The lowest BCUT2D eigenvalue weighted by molar-refractivity contribution is -0.114. The third-order valence-corrected chi connectivity index (χ3v) is 6.71. The molecular weight excluding hydrogens is 424 g/mol. The maximum absolute atomic E-state index is 13.6. The van der Waals surface area contributed by atoms with Gasteiger partial charge in [0, 0.05) is 56.2 Å². The second-order valence-electron chi connectivity index (χ2n) is 10.2. The summed E-state index contributed by atoms with van der Waals surface area (Å²) in [6.45, 7) is 15.2. The van der Waals surface area contributed by atoms with Crippen molar-refractivity contribution in [1.29, 1.82) is 0 Å². The van der Waals surface area contributed by atoms with Gasteiger partial charge in [0.2, 0.25) is 5.91 Å². The van der Waals surface area contributed by atoms with Crippen molar-refractivity contribution in [1.82, 2.24) is 14.4 Å². The van der Waals surface area contributed by atoms with Gasteiger partial charge in [-0.25, -0.2) is 0 Å². The van der Waals surface area contributed by atoms with Gasteiger partial charge in [0.1, 0.15) is 5.69 Å². The molecule has 6 heteroatoms. The Bertz CT molecular complexity index is 1180. The Hall–Kier alpha value is -3.12. The minimum absolute atomic E-state index is 0.0688. The van der Waals surface area contributed by atoms with Gasteiger partial charge in [0.25, 0.3) is 5.91 Å². The smallest absolute Gasteiger partial charge is 0.270 e. The molecule has 0 aliphatic carbocycles. The van der Waals surface area contributed by atoms with E-state index in [1.165, 1.54) is 12.5 Å². The molecule has 1 aliphatic heterocycles. The highest BCUT2D eigenvalue weighted by atomic mass is 16.2. The number of carbonyl (C=O) groups is 2. The number of nitrogens with zero attached hydrogens (tertiary/aromatic N) is 3. The van der Waals surface area contributed by atoms with Crippen LogP contribution < -0.4 is 5.32 Å². The van der Waals surface area contributed by atoms with Crippen LogP contribution in [0.1, 0.15) is 56.2 Å². The second-order valence-corrected chi connectivity index (χ2v) is 10.2. The van der Waals surface area contributed by atoms with Gasteiger partial charge < -0.3 is 19.7 Å². The van der Waals surface area contributed by atoms with Crippen molar-refractivity contribution in [3.05, 3.63) is 65.4 Å². The van der Waals surface area contributed by atoms with Gasteiger partial charge in [-0.05, 0) is 47.4 Å². The number of likely N-dealkylation sites (N-methyl/N-ethyl adjacent to an activating group) is 1. The van der Waals surface area contributed by atoms with Crippen LogP contribution >= 0.6 is 0 Å². The predicted molar refractivity (Wildman–Crippen MR) is 139 cm³/mol. The number of anilines is 1. The summed E-state index contributed by atoms with van der Waals surface area (Å²) in [7, 11) is 0. The summed E-state index contributed by atoms with van der Waals surface area (Å²) in [5.74, 6) is -0.0397. The van der Waals surface area contributed by atoms with E-state index in [9.17, 15) is 9.59 Å². The number of fused-ring (bicyclic) bond motifs is 1. The maximum atomic E-state index is 13.6. The van der Waals surface area contributed by atoms with E-state index in [2.05, 4.69) is 66.7 Å². The maximum Gasteiger partial charge on any atom is 0.270 e. The summed E-state index contributed by atoms with van der Waals surface area (Å²) in [5.41, 5.74) is 4.96. The third-order valence-electron chi connectivity index (χ3n) is 6.71. The molecule has 0 bridgehead atoms. The number of benzene rings is 2. The number of rotatable bonds is 5. The number of amides is 2. The van der Waals surface area contributed by atoms with E-state index >= 15 is 0 Å². The number of nitrogens with one attached hydrogen (secondary N) is 1. The summed E-state index contributed by atoms with van der Waals surface area (Å²) < 4.78 is 2.12. The molecule has 1 aromatic heterocycles. The van der Waals surface area contributed by atoms with Crippen LogP contribution in [0.4, 0.5) is 5.69 Å². The molecular formula is C28H36N4O2. The number of piperazine rings is 1. The van der Waals surface area contributed by atoms with E-state index < -0.39 is 0 Å². The highest BCUT2D eigenvalue weighted by molar-refractivity contribution is 6.00. The normalized spacial score (nSPS) is 15.0. The molecule has 2 aromatic carbocycles. The van der Waals surface area contributed by atoms with Crippen molar-refractivity contribution in [2.45, 2.75) is 46.6 Å². The molecule has 6 nitrogen and oxygen atoms in total. The van der Waals surface area contributed by atoms with Gasteiger partial charge in [0.15, 0.2) is 0 Å². The molecule has 3 aromatic rings. The van der Waals surface area contributed by atoms with Crippen molar-refractivity contribution < 1.29 is 9.59 Å². The average molecular weight is 461 g/mol. The number of carbonyl (C=O) groups excluding carboxylic acids is 2. The van der Waals surface area contributed by atoms with Gasteiger partial charge >= 0.3 is 0 Å². The van der Waals surface area contributed by atoms with E-state index in [4.69, 9.17) is 0 Å². The van der Waals surface area contributed by atoms with Gasteiger partial charge in [-0.2, -0.15) is 0 Å². The van der Waals surface area contributed by atoms with Crippen molar-refractivity contribution in [2.24, 2.45) is 0 Å². The summed E-state index contributed by atoms with van der Waals surface area (Å²) in [4.78, 5) is 29.5. The first-order valence-corrected chi connectivity index (χ1v) is 12.2. The Morgan fingerprint density at radius 1 is 0.941 bits per heavy atom. The Morgan fingerprint density at radius 2 is 1.62 bits per heavy atom. The molecule has 2 amide bonds. The van der Waals surface area contributed by atoms with Crippen molar-refractivity contribution >= 4 is 28.4 Å². The summed E-state index contributed by atoms with van der Waals surface area (Å²) in [6.07, 6.45) is 0. The molecule has 0 unspecified atom stereocenters. The van der Waals surface area contributed by atoms with Crippen LogP contribution in [0, 0.1) is 0 Å². The lowest BCUT2D eigenvalue weighted by Gasteiger charge is -2.34. The van der Waals surface area contributed by atoms with Crippen molar-refractivity contribution in [3.63, 3.8) is 0 Å². The molecule has 1 fully saturated rings. The standard InChI is InChI=1S/C28H36N4O2/c1-6-30-13-15-31(16-14-30)27(34)26-18-22-17-24(29-20(2)33)11-12-25(22)32(26)19-21-7-9-23(10-8-21)28(3,4)5/h7-12,17-18H,6,13-16,19H2,1-5H3,(H,29,33). The van der Waals surface area contributed by atoms with Crippen LogP contribution in [0.2, 0.25) is 0 Å². The Labute approximate surface area is 202 Å². The van der Waals surface area contributed by atoms with E-state index in [1.54, 1.807) is 0 Å². The number of hydrogen-bond donors (Lipinski definition) is 1. The number of aromatic nitrogens is 1. The summed E-state index contributed by atoms with van der Waals surface area (Å²) in [5, 5.41) is 3.80. The summed E-state index contributed by atoms with van der Waals surface area (Å²) >= 11 is 0. The molecule has 0 saturated carbocycles. The SMILES string of the molecule is CCN1CCN(C(=O)c2cc3cc(NC(C)=O)ccc3n2Cc2ccc(C(C)(C)C)cc2)CC1. The molecule has 34 heavy (non-hydrogen) atoms. The fourth-order valence-electron chi connectivity index (χ4n) is 4.62. The van der Waals surface area contributed by atoms with Crippen LogP contribution in [-0.2, 0) is 16.8 Å². The predicted octanol–water partition coefficient (Wildman–Crippen LogP) is 4.72. The summed E-state index contributed by atoms with van der Waals surface area (Å²) in [6, 6.07) is 16.5. The van der Waals surface area contributed by atoms with Crippen molar-refractivity contribution in [2.75, 3.05) is 38.0 Å². The van der Waals surface area contributed by atoms with Crippen molar-refractivity contribution in [3.8, 4) is 0 Å². The fraction of sp³-hybridized carbons (Fsp3) is 0.429. The van der Waals surface area contributed by atoms with Gasteiger partial charge in [-0.3, -0.25) is 9.59 Å². The number of hydrogen-bond acceptors (Lipinski definition) is 3. The van der Waals surface area contributed by atoms with E-state index in [-0.39, 0.29) is 17.2 Å². The Morgan fingerprint density at radius 3 is 2.21 bits per heavy atom.